The average molecular weight is 260 g/mol. The minimum Gasteiger partial charge on any atom is -0.465 e. The number of nitrogen functional groups attached to an aromatic ring is 1. The van der Waals surface area contributed by atoms with Gasteiger partial charge in [0.05, 0.1) is 18.2 Å². The predicted octanol–water partition coefficient (Wildman–Crippen LogP) is 2.16. The molecule has 5 heteroatoms. The molecule has 2 N–H and O–H groups in total. The van der Waals surface area contributed by atoms with E-state index >= 15 is 0 Å². The molecular formula is C14H16N2O3. The molecule has 0 spiro atoms. The van der Waals surface area contributed by atoms with Crippen molar-refractivity contribution < 1.29 is 14.3 Å². The second-order valence-electron chi connectivity index (χ2n) is 4.70. The Kier molecular flexibility index (Phi) is 3.67. The first-order valence-electron chi connectivity index (χ1n) is 6.21. The molecule has 0 atom stereocenters. The summed E-state index contributed by atoms with van der Waals surface area (Å²) >= 11 is 0. The molecule has 1 aromatic rings. The Morgan fingerprint density at radius 1 is 1.42 bits per heavy atom. The van der Waals surface area contributed by atoms with Crippen LogP contribution in [0.5, 0.6) is 0 Å². The molecule has 0 heterocycles. The molecule has 0 radical (unpaired) electrons. The molecular weight excluding hydrogens is 244 g/mol. The van der Waals surface area contributed by atoms with Crippen LogP contribution in [0.3, 0.4) is 0 Å². The van der Waals surface area contributed by atoms with Gasteiger partial charge in [-0.25, -0.2) is 9.59 Å². The molecule has 0 aromatic heterocycles. The van der Waals surface area contributed by atoms with Gasteiger partial charge in [-0.3, -0.25) is 0 Å². The van der Waals surface area contributed by atoms with Crippen LogP contribution in [0.15, 0.2) is 23.2 Å². The van der Waals surface area contributed by atoms with E-state index in [1.54, 1.807) is 24.3 Å². The molecule has 1 aliphatic carbocycles. The monoisotopic (exact) mass is 260 g/mol. The third-order valence-electron chi connectivity index (χ3n) is 3.68. The van der Waals surface area contributed by atoms with Gasteiger partial charge in [-0.05, 0) is 24.5 Å². The summed E-state index contributed by atoms with van der Waals surface area (Å²) in [6, 6.07) is 5.19. The van der Waals surface area contributed by atoms with E-state index in [2.05, 4.69) is 4.99 Å². The summed E-state index contributed by atoms with van der Waals surface area (Å²) in [6.45, 7) is 0. The number of methoxy groups -OCH3 is 1. The Hall–Kier alpha value is -2.13. The smallest absolute Gasteiger partial charge is 0.340 e. The number of carbonyl (C=O) groups excluding carboxylic acids is 2. The number of benzene rings is 1. The lowest BCUT2D eigenvalue weighted by atomic mass is 9.85. The minimum atomic E-state index is -0.680. The highest BCUT2D eigenvalue weighted by Gasteiger charge is 2.39. The number of carbonyl (C=O) groups is 1. The van der Waals surface area contributed by atoms with Crippen LogP contribution in [0.4, 0.5) is 5.69 Å². The zero-order valence-corrected chi connectivity index (χ0v) is 10.8. The van der Waals surface area contributed by atoms with Gasteiger partial charge < -0.3 is 10.5 Å². The van der Waals surface area contributed by atoms with E-state index in [-0.39, 0.29) is 0 Å². The zero-order valence-electron chi connectivity index (χ0n) is 10.8. The largest absolute Gasteiger partial charge is 0.465 e. The van der Waals surface area contributed by atoms with Crippen molar-refractivity contribution in [2.45, 2.75) is 31.2 Å². The number of anilines is 1. The SMILES string of the molecule is COC(=O)c1c(N)cccc1C1(N=C=O)CCCC1. The Bertz CT molecular complexity index is 542. The van der Waals surface area contributed by atoms with Crippen LogP contribution in [0.2, 0.25) is 0 Å². The first-order valence-corrected chi connectivity index (χ1v) is 6.21. The van der Waals surface area contributed by atoms with E-state index in [0.29, 0.717) is 16.8 Å². The summed E-state index contributed by atoms with van der Waals surface area (Å²) < 4.78 is 4.78. The van der Waals surface area contributed by atoms with Gasteiger partial charge in [0.25, 0.3) is 0 Å². The van der Waals surface area contributed by atoms with Crippen molar-refractivity contribution in [2.75, 3.05) is 12.8 Å². The quantitative estimate of drug-likeness (QED) is 0.391. The van der Waals surface area contributed by atoms with Crippen LogP contribution in [-0.2, 0) is 15.1 Å². The van der Waals surface area contributed by atoms with Crippen LogP contribution >= 0.6 is 0 Å². The Labute approximate surface area is 111 Å². The predicted molar refractivity (Wildman–Crippen MR) is 70.5 cm³/mol. The van der Waals surface area contributed by atoms with Gasteiger partial charge in [0.2, 0.25) is 6.08 Å². The number of esters is 1. The van der Waals surface area contributed by atoms with Gasteiger partial charge in [-0.1, -0.05) is 25.0 Å². The minimum absolute atomic E-state index is 0.311. The maximum Gasteiger partial charge on any atom is 0.340 e. The summed E-state index contributed by atoms with van der Waals surface area (Å²) in [5.74, 6) is -0.500. The van der Waals surface area contributed by atoms with Crippen molar-refractivity contribution in [3.8, 4) is 0 Å². The Balaban J connectivity index is 2.64. The van der Waals surface area contributed by atoms with Gasteiger partial charge in [0.1, 0.15) is 0 Å². The number of hydrogen-bond donors (Lipinski definition) is 1. The van der Waals surface area contributed by atoms with Crippen molar-refractivity contribution in [3.05, 3.63) is 29.3 Å². The standard InChI is InChI=1S/C14H16N2O3/c1-19-13(18)12-10(5-4-6-11(12)15)14(16-9-17)7-2-3-8-14/h4-6H,2-3,7-8,15H2,1H3. The van der Waals surface area contributed by atoms with E-state index < -0.39 is 11.5 Å². The summed E-state index contributed by atoms with van der Waals surface area (Å²) in [6.07, 6.45) is 4.99. The number of nitrogens with zero attached hydrogens (tertiary/aromatic N) is 1. The van der Waals surface area contributed by atoms with E-state index in [9.17, 15) is 9.59 Å². The van der Waals surface area contributed by atoms with Crippen molar-refractivity contribution in [2.24, 2.45) is 4.99 Å². The highest BCUT2D eigenvalue weighted by atomic mass is 16.5. The van der Waals surface area contributed by atoms with E-state index in [0.717, 1.165) is 25.7 Å². The molecule has 0 unspecified atom stereocenters. The van der Waals surface area contributed by atoms with Crippen LogP contribution in [-0.4, -0.2) is 19.2 Å². The number of isocyanates is 1. The normalized spacial score (nSPS) is 16.7. The molecule has 0 amide bonds. The molecule has 1 saturated carbocycles. The third-order valence-corrected chi connectivity index (χ3v) is 3.68. The van der Waals surface area contributed by atoms with Gasteiger partial charge in [-0.2, -0.15) is 4.99 Å². The molecule has 0 bridgehead atoms. The molecule has 2 rings (SSSR count). The van der Waals surface area contributed by atoms with Gasteiger partial charge >= 0.3 is 5.97 Å². The Morgan fingerprint density at radius 3 is 2.68 bits per heavy atom. The number of rotatable bonds is 3. The summed E-state index contributed by atoms with van der Waals surface area (Å²) in [5, 5.41) is 0. The first-order chi connectivity index (χ1) is 9.14. The van der Waals surface area contributed by atoms with E-state index in [1.165, 1.54) is 7.11 Å². The molecule has 1 aliphatic rings. The fourth-order valence-electron chi connectivity index (χ4n) is 2.78. The van der Waals surface area contributed by atoms with Crippen LogP contribution in [0.1, 0.15) is 41.6 Å². The summed E-state index contributed by atoms with van der Waals surface area (Å²) in [4.78, 5) is 26.6. The molecule has 5 nitrogen and oxygen atoms in total. The lowest BCUT2D eigenvalue weighted by Gasteiger charge is -2.25. The highest BCUT2D eigenvalue weighted by molar-refractivity contribution is 5.97. The number of ether oxygens (including phenoxy) is 1. The maximum absolute atomic E-state index is 11.9. The van der Waals surface area contributed by atoms with Gasteiger partial charge in [0.15, 0.2) is 0 Å². The Morgan fingerprint density at radius 2 is 2.11 bits per heavy atom. The van der Waals surface area contributed by atoms with E-state index in [1.807, 2.05) is 0 Å². The lowest BCUT2D eigenvalue weighted by molar-refractivity contribution is 0.0598. The second kappa shape index (κ2) is 5.24. The van der Waals surface area contributed by atoms with Gasteiger partial charge in [-0.15, -0.1) is 0 Å². The van der Waals surface area contributed by atoms with Crippen LogP contribution < -0.4 is 5.73 Å². The van der Waals surface area contributed by atoms with Crippen molar-refractivity contribution >= 4 is 17.7 Å². The van der Waals surface area contributed by atoms with Crippen LogP contribution in [0.25, 0.3) is 0 Å². The van der Waals surface area contributed by atoms with Gasteiger partial charge in [0, 0.05) is 5.69 Å². The molecule has 0 aliphatic heterocycles. The molecule has 100 valence electrons. The average Bonchev–Trinajstić information content (AvgIpc) is 2.88. The molecule has 1 aromatic carbocycles. The number of hydrogen-bond acceptors (Lipinski definition) is 5. The zero-order chi connectivity index (χ0) is 13.9. The molecule has 1 fully saturated rings. The topological polar surface area (TPSA) is 81.8 Å². The number of aliphatic imine (C=N–C) groups is 1. The van der Waals surface area contributed by atoms with Crippen LogP contribution in [0, 0.1) is 0 Å². The fraction of sp³-hybridized carbons (Fsp3) is 0.429. The molecule has 19 heavy (non-hydrogen) atoms. The maximum atomic E-state index is 11.9. The second-order valence-corrected chi connectivity index (χ2v) is 4.70. The fourth-order valence-corrected chi connectivity index (χ4v) is 2.78. The summed E-state index contributed by atoms with van der Waals surface area (Å²) in [7, 11) is 1.31. The molecule has 0 saturated heterocycles. The van der Waals surface area contributed by atoms with Crippen molar-refractivity contribution in [1.82, 2.24) is 0 Å². The third kappa shape index (κ3) is 2.25. The van der Waals surface area contributed by atoms with Crippen molar-refractivity contribution in [3.63, 3.8) is 0 Å². The number of nitrogens with two attached hydrogens (primary N) is 1. The van der Waals surface area contributed by atoms with Crippen molar-refractivity contribution in [1.29, 1.82) is 0 Å². The highest BCUT2D eigenvalue weighted by Crippen LogP contribution is 2.44. The van der Waals surface area contributed by atoms with E-state index in [4.69, 9.17) is 10.5 Å². The lowest BCUT2D eigenvalue weighted by Crippen LogP contribution is -2.24. The first kappa shape index (κ1) is 13.3. The summed E-state index contributed by atoms with van der Waals surface area (Å²) in [5.41, 5.74) is 6.52.